The number of fused-ring (bicyclic) bond motifs is 1. The van der Waals surface area contributed by atoms with Crippen molar-refractivity contribution in [1.29, 1.82) is 0 Å². The number of benzene rings is 1. The first kappa shape index (κ1) is 15.9. The lowest BCUT2D eigenvalue weighted by Gasteiger charge is -2.21. The number of aromatic nitrogens is 3. The SMILES string of the molecule is S=c1oc(-c2ccco2)nn1CN1CCC[C@H]1c1nc2ccccc2s1. The lowest BCUT2D eigenvalue weighted by atomic mass is 10.2. The van der Waals surface area contributed by atoms with Gasteiger partial charge in [-0.05, 0) is 49.3 Å². The Morgan fingerprint density at radius 3 is 3.00 bits per heavy atom. The molecule has 6 nitrogen and oxygen atoms in total. The molecule has 1 aliphatic heterocycles. The van der Waals surface area contributed by atoms with Crippen LogP contribution in [0.15, 0.2) is 51.5 Å². The Balaban J connectivity index is 1.42. The number of rotatable bonds is 4. The third-order valence-corrected chi connectivity index (χ3v) is 6.04. The van der Waals surface area contributed by atoms with Crippen LogP contribution in [0, 0.1) is 4.84 Å². The van der Waals surface area contributed by atoms with Crippen molar-refractivity contribution in [2.24, 2.45) is 0 Å². The van der Waals surface area contributed by atoms with Crippen LogP contribution in [0.5, 0.6) is 0 Å². The van der Waals surface area contributed by atoms with E-state index in [1.807, 2.05) is 12.1 Å². The molecule has 0 saturated carbocycles. The van der Waals surface area contributed by atoms with Crippen molar-refractivity contribution in [2.75, 3.05) is 6.54 Å². The number of nitrogens with zero attached hydrogens (tertiary/aromatic N) is 4. The Labute approximate surface area is 158 Å². The van der Waals surface area contributed by atoms with Crippen LogP contribution in [-0.2, 0) is 6.67 Å². The van der Waals surface area contributed by atoms with E-state index in [1.54, 1.807) is 28.3 Å². The van der Waals surface area contributed by atoms with Gasteiger partial charge in [0, 0.05) is 6.54 Å². The first-order valence-electron chi connectivity index (χ1n) is 8.49. The van der Waals surface area contributed by atoms with Crippen molar-refractivity contribution in [1.82, 2.24) is 19.7 Å². The lowest BCUT2D eigenvalue weighted by molar-refractivity contribution is 0.187. The van der Waals surface area contributed by atoms with Crippen LogP contribution in [-0.4, -0.2) is 26.2 Å². The second-order valence-electron chi connectivity index (χ2n) is 6.28. The summed E-state index contributed by atoms with van der Waals surface area (Å²) in [7, 11) is 0. The second kappa shape index (κ2) is 6.46. The normalized spacial score (nSPS) is 18.1. The summed E-state index contributed by atoms with van der Waals surface area (Å²) >= 11 is 7.11. The zero-order valence-electron chi connectivity index (χ0n) is 13.9. The topological polar surface area (TPSA) is 60.2 Å². The van der Waals surface area contributed by atoms with Crippen LogP contribution in [0.2, 0.25) is 0 Å². The molecule has 0 bridgehead atoms. The molecule has 4 heterocycles. The van der Waals surface area contributed by atoms with Crippen molar-refractivity contribution in [2.45, 2.75) is 25.6 Å². The minimum Gasteiger partial charge on any atom is -0.459 e. The van der Waals surface area contributed by atoms with E-state index in [0.29, 0.717) is 23.2 Å². The van der Waals surface area contributed by atoms with E-state index in [-0.39, 0.29) is 6.04 Å². The summed E-state index contributed by atoms with van der Waals surface area (Å²) in [6, 6.07) is 12.2. The summed E-state index contributed by atoms with van der Waals surface area (Å²) in [6.45, 7) is 1.58. The number of hydrogen-bond donors (Lipinski definition) is 0. The van der Waals surface area contributed by atoms with E-state index in [0.717, 1.165) is 29.9 Å². The van der Waals surface area contributed by atoms with Gasteiger partial charge in [-0.2, -0.15) is 0 Å². The second-order valence-corrected chi connectivity index (χ2v) is 7.69. The molecular formula is C18H16N4O2S2. The van der Waals surface area contributed by atoms with Crippen LogP contribution in [0.4, 0.5) is 0 Å². The van der Waals surface area contributed by atoms with Crippen molar-refractivity contribution in [3.05, 3.63) is 52.5 Å². The van der Waals surface area contributed by atoms with Crippen LogP contribution >= 0.6 is 23.6 Å². The van der Waals surface area contributed by atoms with Gasteiger partial charge in [0.25, 0.3) is 10.7 Å². The lowest BCUT2D eigenvalue weighted by Crippen LogP contribution is -2.26. The maximum atomic E-state index is 5.59. The number of hydrogen-bond acceptors (Lipinski definition) is 7. The minimum absolute atomic E-state index is 0.290. The molecule has 0 N–H and O–H groups in total. The van der Waals surface area contributed by atoms with Crippen LogP contribution < -0.4 is 0 Å². The van der Waals surface area contributed by atoms with Crippen LogP contribution in [0.1, 0.15) is 23.9 Å². The molecule has 8 heteroatoms. The summed E-state index contributed by atoms with van der Waals surface area (Å²) in [5, 5.41) is 5.64. The quantitative estimate of drug-likeness (QED) is 0.468. The first-order chi connectivity index (χ1) is 12.8. The predicted octanol–water partition coefficient (Wildman–Crippen LogP) is 4.87. The Morgan fingerprint density at radius 2 is 2.15 bits per heavy atom. The molecule has 1 atom stereocenters. The Morgan fingerprint density at radius 1 is 1.23 bits per heavy atom. The van der Waals surface area contributed by atoms with E-state index < -0.39 is 0 Å². The van der Waals surface area contributed by atoms with Gasteiger partial charge >= 0.3 is 0 Å². The van der Waals surface area contributed by atoms with Gasteiger partial charge in [-0.25, -0.2) is 9.67 Å². The third-order valence-electron chi connectivity index (χ3n) is 4.61. The van der Waals surface area contributed by atoms with Gasteiger partial charge < -0.3 is 8.83 Å². The highest BCUT2D eigenvalue weighted by atomic mass is 32.1. The number of furan rings is 1. The van der Waals surface area contributed by atoms with Gasteiger partial charge in [-0.15, -0.1) is 16.4 Å². The maximum Gasteiger partial charge on any atom is 0.288 e. The molecule has 1 fully saturated rings. The Hall–Kier alpha value is -2.29. The molecule has 1 aromatic carbocycles. The largest absolute Gasteiger partial charge is 0.459 e. The van der Waals surface area contributed by atoms with Gasteiger partial charge in [-0.3, -0.25) is 4.90 Å². The van der Waals surface area contributed by atoms with Gasteiger partial charge in [0.15, 0.2) is 5.76 Å². The highest BCUT2D eigenvalue weighted by Gasteiger charge is 2.29. The summed E-state index contributed by atoms with van der Waals surface area (Å²) < 4.78 is 13.9. The molecule has 26 heavy (non-hydrogen) atoms. The average molecular weight is 384 g/mol. The summed E-state index contributed by atoms with van der Waals surface area (Å²) in [5.41, 5.74) is 1.07. The van der Waals surface area contributed by atoms with Gasteiger partial charge in [-0.1, -0.05) is 12.1 Å². The monoisotopic (exact) mass is 384 g/mol. The fraction of sp³-hybridized carbons (Fsp3) is 0.278. The molecule has 0 radical (unpaired) electrons. The molecule has 132 valence electrons. The van der Waals surface area contributed by atoms with Gasteiger partial charge in [0.05, 0.1) is 29.2 Å². The molecule has 0 unspecified atom stereocenters. The van der Waals surface area contributed by atoms with Gasteiger partial charge in [0.1, 0.15) is 5.01 Å². The zero-order valence-corrected chi connectivity index (χ0v) is 15.5. The third kappa shape index (κ3) is 2.80. The highest BCUT2D eigenvalue weighted by molar-refractivity contribution is 7.71. The number of para-hydroxylation sites is 1. The molecule has 1 aliphatic rings. The Kier molecular flexibility index (Phi) is 3.96. The molecule has 0 spiro atoms. The number of thiazole rings is 1. The standard InChI is InChI=1S/C18H16N4O2S2/c25-18-22(20-16(24-18)14-7-4-10-23-14)11-21-9-3-6-13(21)17-19-12-5-1-2-8-15(12)26-17/h1-2,4-5,7-8,10,13H,3,6,9,11H2/t13-/m0/s1. The summed E-state index contributed by atoms with van der Waals surface area (Å²) in [6.07, 6.45) is 3.82. The fourth-order valence-corrected chi connectivity index (χ4v) is 4.69. The van der Waals surface area contributed by atoms with Gasteiger partial charge in [0.2, 0.25) is 0 Å². The van der Waals surface area contributed by atoms with Crippen LogP contribution in [0.25, 0.3) is 21.9 Å². The number of likely N-dealkylation sites (tertiary alicyclic amines) is 1. The molecule has 0 amide bonds. The highest BCUT2D eigenvalue weighted by Crippen LogP contribution is 2.36. The van der Waals surface area contributed by atoms with Crippen molar-refractivity contribution in [3.8, 4) is 11.7 Å². The minimum atomic E-state index is 0.290. The van der Waals surface area contributed by atoms with Crippen molar-refractivity contribution < 1.29 is 8.83 Å². The molecule has 4 aromatic rings. The predicted molar refractivity (Wildman–Crippen MR) is 101 cm³/mol. The fourth-order valence-electron chi connectivity index (χ4n) is 3.38. The molecule has 1 saturated heterocycles. The molecule has 5 rings (SSSR count). The Bertz CT molecular complexity index is 1060. The van der Waals surface area contributed by atoms with E-state index in [2.05, 4.69) is 28.2 Å². The van der Waals surface area contributed by atoms with E-state index in [1.165, 1.54) is 4.70 Å². The van der Waals surface area contributed by atoms with Crippen LogP contribution in [0.3, 0.4) is 0 Å². The zero-order chi connectivity index (χ0) is 17.5. The smallest absolute Gasteiger partial charge is 0.288 e. The van der Waals surface area contributed by atoms with E-state index >= 15 is 0 Å². The van der Waals surface area contributed by atoms with E-state index in [4.69, 9.17) is 26.0 Å². The molecular weight excluding hydrogens is 368 g/mol. The molecule has 0 aliphatic carbocycles. The van der Waals surface area contributed by atoms with E-state index in [9.17, 15) is 0 Å². The van der Waals surface area contributed by atoms with Crippen molar-refractivity contribution in [3.63, 3.8) is 0 Å². The average Bonchev–Trinajstić information content (AvgIpc) is 3.42. The molecule has 3 aromatic heterocycles. The summed E-state index contributed by atoms with van der Waals surface area (Å²) in [5.74, 6) is 0.995. The first-order valence-corrected chi connectivity index (χ1v) is 9.72. The summed E-state index contributed by atoms with van der Waals surface area (Å²) in [4.78, 5) is 7.55. The maximum absolute atomic E-state index is 5.59. The van der Waals surface area contributed by atoms with Crippen molar-refractivity contribution >= 4 is 33.8 Å².